The van der Waals surface area contributed by atoms with Crippen LogP contribution in [0.15, 0.2) is 35.1 Å². The van der Waals surface area contributed by atoms with Crippen LogP contribution in [-0.4, -0.2) is 144 Å². The van der Waals surface area contributed by atoms with E-state index in [1.54, 1.807) is 19.9 Å². The van der Waals surface area contributed by atoms with E-state index in [1.807, 2.05) is 0 Å². The van der Waals surface area contributed by atoms with Gasteiger partial charge in [0.25, 0.3) is 17.4 Å². The Balaban J connectivity index is 0.865. The maximum atomic E-state index is 14.9. The number of imide groups is 1. The quantitative estimate of drug-likeness (QED) is 0.0174. The first-order valence-electron chi connectivity index (χ1n) is 23.5. The van der Waals surface area contributed by atoms with E-state index in [9.17, 15) is 57.4 Å². The SMILES string of the molecule is CC[C@@]1(O)C(=O)OCc2c1cc1n(c2=O)Cc2c-1nc1cc(F)c(C)cc1c2CNC(=O)COCNC(=O)[C@H](C)NC(=O)[C@H](C)NC(=O)[C@H](C)NC(=O)CCOCCOCCNC(=O)CCN1C(=O)C=CC1=O. The molecule has 0 unspecified atom stereocenters. The molecule has 2 aromatic heterocycles. The van der Waals surface area contributed by atoms with Gasteiger partial charge in [-0.05, 0) is 57.4 Å². The number of carbonyl (C=O) groups excluding carboxylic acids is 9. The number of halogens is 1. The number of hydrogen-bond donors (Lipinski definition) is 7. The van der Waals surface area contributed by atoms with E-state index in [4.69, 9.17) is 23.9 Å². The van der Waals surface area contributed by atoms with Crippen molar-refractivity contribution in [1.82, 2.24) is 46.4 Å². The number of aryl methyl sites for hydroxylation is 1. The Hall–Kier alpha value is -7.48. The lowest BCUT2D eigenvalue weighted by molar-refractivity contribution is -0.172. The molecule has 6 rings (SSSR count). The first kappa shape index (κ1) is 54.8. The molecule has 4 atom stereocenters. The topological polar surface area (TPSA) is 321 Å². The van der Waals surface area contributed by atoms with E-state index < -0.39 is 95.8 Å². The van der Waals surface area contributed by atoms with Gasteiger partial charge in [0.05, 0.1) is 55.4 Å². The Morgan fingerprint density at radius 1 is 0.795 bits per heavy atom. The zero-order valence-corrected chi connectivity index (χ0v) is 40.9. The highest BCUT2D eigenvalue weighted by Gasteiger charge is 2.45. The Bertz CT molecular complexity index is 2780. The highest BCUT2D eigenvalue weighted by Crippen LogP contribution is 2.40. The fraction of sp³-hybridized carbons (Fsp3) is 0.479. The summed E-state index contributed by atoms with van der Waals surface area (Å²) >= 11 is 0. The normalized spacial score (nSPS) is 16.7. The smallest absolute Gasteiger partial charge is 0.343 e. The number of benzene rings is 1. The van der Waals surface area contributed by atoms with E-state index in [1.165, 1.54) is 37.5 Å². The third kappa shape index (κ3) is 13.1. The van der Waals surface area contributed by atoms with Gasteiger partial charge in [0.15, 0.2) is 5.60 Å². The summed E-state index contributed by atoms with van der Waals surface area (Å²) in [7, 11) is 0. The summed E-state index contributed by atoms with van der Waals surface area (Å²) < 4.78 is 37.6. The molecule has 73 heavy (non-hydrogen) atoms. The van der Waals surface area contributed by atoms with Crippen molar-refractivity contribution in [3.8, 4) is 11.4 Å². The fourth-order valence-electron chi connectivity index (χ4n) is 8.04. The average molecular weight is 1020 g/mol. The molecular weight excluding hydrogens is 962 g/mol. The van der Waals surface area contributed by atoms with Crippen molar-refractivity contribution in [2.45, 2.75) is 97.3 Å². The van der Waals surface area contributed by atoms with Crippen LogP contribution in [0.5, 0.6) is 0 Å². The molecule has 24 nitrogen and oxygen atoms in total. The van der Waals surface area contributed by atoms with E-state index in [0.717, 1.165) is 17.1 Å². The summed E-state index contributed by atoms with van der Waals surface area (Å²) in [5.74, 6) is -5.79. The van der Waals surface area contributed by atoms with Gasteiger partial charge in [-0.2, -0.15) is 0 Å². The Morgan fingerprint density at radius 3 is 2.14 bits per heavy atom. The van der Waals surface area contributed by atoms with E-state index in [-0.39, 0.29) is 101 Å². The minimum Gasteiger partial charge on any atom is -0.458 e. The van der Waals surface area contributed by atoms with Gasteiger partial charge in [0, 0.05) is 67.2 Å². The summed E-state index contributed by atoms with van der Waals surface area (Å²) in [4.78, 5) is 131. The van der Waals surface area contributed by atoms with Gasteiger partial charge in [-0.3, -0.25) is 48.1 Å². The second-order valence-corrected chi connectivity index (χ2v) is 17.4. The molecule has 1 aromatic carbocycles. The van der Waals surface area contributed by atoms with Crippen molar-refractivity contribution in [3.63, 3.8) is 0 Å². The molecule has 0 spiro atoms. The van der Waals surface area contributed by atoms with Gasteiger partial charge >= 0.3 is 5.97 Å². The van der Waals surface area contributed by atoms with Crippen molar-refractivity contribution >= 4 is 64.1 Å². The molecule has 3 aliphatic heterocycles. The third-order valence-electron chi connectivity index (χ3n) is 12.3. The zero-order valence-electron chi connectivity index (χ0n) is 40.9. The Morgan fingerprint density at radius 2 is 1.45 bits per heavy atom. The number of cyclic esters (lactones) is 1. The van der Waals surface area contributed by atoms with Crippen LogP contribution in [0, 0.1) is 12.7 Å². The summed E-state index contributed by atoms with van der Waals surface area (Å²) in [6.45, 7) is 6.76. The monoisotopic (exact) mass is 1020 g/mol. The molecule has 5 heterocycles. The maximum Gasteiger partial charge on any atom is 0.343 e. The van der Waals surface area contributed by atoms with Crippen molar-refractivity contribution in [2.24, 2.45) is 0 Å². The molecule has 0 saturated carbocycles. The number of nitrogens with zero attached hydrogens (tertiary/aromatic N) is 3. The van der Waals surface area contributed by atoms with Gasteiger partial charge in [0.2, 0.25) is 35.4 Å². The number of carbonyl (C=O) groups is 9. The van der Waals surface area contributed by atoms with E-state index >= 15 is 0 Å². The maximum absolute atomic E-state index is 14.9. The van der Waals surface area contributed by atoms with Gasteiger partial charge in [-0.1, -0.05) is 6.92 Å². The molecule has 392 valence electrons. The minimum absolute atomic E-state index is 0.0227. The molecule has 3 aromatic rings. The molecule has 8 amide bonds. The molecule has 0 bridgehead atoms. The first-order valence-corrected chi connectivity index (χ1v) is 23.5. The number of hydrogen-bond acceptors (Lipinski definition) is 16. The van der Waals surface area contributed by atoms with Crippen molar-refractivity contribution in [3.05, 3.63) is 74.3 Å². The summed E-state index contributed by atoms with van der Waals surface area (Å²) in [5, 5.41) is 27.0. The number of aromatic nitrogens is 2. The number of fused-ring (bicyclic) bond motifs is 5. The molecule has 7 N–H and O–H groups in total. The number of nitrogens with one attached hydrogen (secondary N) is 6. The number of pyridine rings is 2. The number of ether oxygens (including phenoxy) is 4. The lowest BCUT2D eigenvalue weighted by atomic mass is 9.86. The van der Waals surface area contributed by atoms with Crippen LogP contribution in [0.2, 0.25) is 0 Å². The van der Waals surface area contributed by atoms with Gasteiger partial charge < -0.3 is 60.5 Å². The number of rotatable bonds is 25. The summed E-state index contributed by atoms with van der Waals surface area (Å²) in [6.07, 6.45) is 2.12. The second-order valence-electron chi connectivity index (χ2n) is 17.4. The molecule has 25 heteroatoms. The second kappa shape index (κ2) is 24.3. The van der Waals surface area contributed by atoms with Crippen molar-refractivity contribution in [1.29, 1.82) is 0 Å². The molecule has 0 aliphatic carbocycles. The average Bonchev–Trinajstić information content (AvgIpc) is 3.89. The van der Waals surface area contributed by atoms with Crippen LogP contribution in [0.25, 0.3) is 22.3 Å². The van der Waals surface area contributed by atoms with Gasteiger partial charge in [-0.15, -0.1) is 0 Å². The van der Waals surface area contributed by atoms with Gasteiger partial charge in [-0.25, -0.2) is 14.2 Å². The minimum atomic E-state index is -2.05. The standard InChI is InChI=1S/C48H58FN9O15/c1-6-48(69)33-18-36-42-31(21-58(36)46(67)32(33)22-73-47(48)68)30(29-17-25(2)34(49)19-35(29)56-42)20-51-39(61)23-72-24-52-43(64)26(3)54-45(66)28(5)55-44(65)27(4)53-38(60)10-13-70-15-16-71-14-11-50-37(59)9-12-57-40(62)7-8-41(57)63/h7-8,17-19,26-28,69H,6,9-16,20-24H2,1-5H3,(H,50,59)(H,51,61)(H,52,64)(H,53,60)(H,54,66)(H,55,65)/t26-,27-,28-,48-/m0/s1. The molecule has 3 aliphatic rings. The lowest BCUT2D eigenvalue weighted by Crippen LogP contribution is -2.54. The van der Waals surface area contributed by atoms with E-state index in [2.05, 4.69) is 31.9 Å². The predicted molar refractivity (Wildman–Crippen MR) is 253 cm³/mol. The van der Waals surface area contributed by atoms with E-state index in [0.29, 0.717) is 33.5 Å². The zero-order chi connectivity index (χ0) is 53.1. The predicted octanol–water partition coefficient (Wildman–Crippen LogP) is -1.40. The number of amides is 8. The van der Waals surface area contributed by atoms with Crippen LogP contribution in [0.4, 0.5) is 4.39 Å². The first-order chi connectivity index (χ1) is 34.7. The van der Waals surface area contributed by atoms with Crippen molar-refractivity contribution < 1.29 is 71.6 Å². The summed E-state index contributed by atoms with van der Waals surface area (Å²) in [5.41, 5.74) is 0.000768. The third-order valence-corrected chi connectivity index (χ3v) is 12.3. The summed E-state index contributed by atoms with van der Waals surface area (Å²) in [6, 6.07) is 1.15. The molecule has 0 saturated heterocycles. The number of esters is 1. The van der Waals surface area contributed by atoms with Crippen LogP contribution in [-0.2, 0) is 87.4 Å². The lowest BCUT2D eigenvalue weighted by Gasteiger charge is -2.31. The molecular formula is C48H58FN9O15. The largest absolute Gasteiger partial charge is 0.458 e. The van der Waals surface area contributed by atoms with Crippen molar-refractivity contribution in [2.75, 3.05) is 52.9 Å². The highest BCUT2D eigenvalue weighted by molar-refractivity contribution is 6.13. The van der Waals surface area contributed by atoms with Crippen LogP contribution < -0.4 is 37.5 Å². The molecule has 0 radical (unpaired) electrons. The highest BCUT2D eigenvalue weighted by atomic mass is 19.1. The number of aliphatic hydroxyl groups is 1. The Kier molecular flexibility index (Phi) is 18.3. The molecule has 0 fully saturated rings. The van der Waals surface area contributed by atoms with Crippen LogP contribution in [0.1, 0.15) is 74.8 Å². The Labute approximate surface area is 417 Å². The van der Waals surface area contributed by atoms with Gasteiger partial charge in [0.1, 0.15) is 43.9 Å². The van der Waals surface area contributed by atoms with Crippen LogP contribution >= 0.6 is 0 Å². The van der Waals surface area contributed by atoms with Crippen LogP contribution in [0.3, 0.4) is 0 Å². The fourth-order valence-corrected chi connectivity index (χ4v) is 8.04.